The molecular formula is C17H30N2O2. The molecule has 0 radical (unpaired) electrons. The van der Waals surface area contributed by atoms with Crippen LogP contribution in [0.5, 0.6) is 0 Å². The third kappa shape index (κ3) is 3.59. The Kier molecular flexibility index (Phi) is 4.85. The normalized spacial score (nSPS) is 28.8. The molecule has 3 fully saturated rings. The van der Waals surface area contributed by atoms with Crippen LogP contribution in [0.2, 0.25) is 0 Å². The maximum absolute atomic E-state index is 12.0. The van der Waals surface area contributed by atoms with Crippen LogP contribution in [0.15, 0.2) is 0 Å². The van der Waals surface area contributed by atoms with E-state index in [2.05, 4.69) is 11.8 Å². The molecule has 0 aromatic carbocycles. The number of amides is 1. The molecular weight excluding hydrogens is 264 g/mol. The van der Waals surface area contributed by atoms with Gasteiger partial charge in [0.05, 0.1) is 19.7 Å². The first kappa shape index (κ1) is 15.3. The number of carbonyl (C=O) groups excluding carboxylic acids is 1. The predicted molar refractivity (Wildman–Crippen MR) is 83.2 cm³/mol. The highest BCUT2D eigenvalue weighted by atomic mass is 16.5. The zero-order valence-corrected chi connectivity index (χ0v) is 13.5. The molecule has 0 bridgehead atoms. The fourth-order valence-electron chi connectivity index (χ4n) is 3.95. The van der Waals surface area contributed by atoms with Crippen molar-refractivity contribution in [2.45, 2.75) is 57.5 Å². The lowest BCUT2D eigenvalue weighted by Crippen LogP contribution is -2.66. The van der Waals surface area contributed by atoms with E-state index in [0.717, 1.165) is 39.0 Å². The van der Waals surface area contributed by atoms with Crippen molar-refractivity contribution in [2.75, 3.05) is 39.3 Å². The molecule has 21 heavy (non-hydrogen) atoms. The minimum absolute atomic E-state index is 0.0172. The van der Waals surface area contributed by atoms with Crippen LogP contribution >= 0.6 is 0 Å². The summed E-state index contributed by atoms with van der Waals surface area (Å²) in [6.45, 7) is 8.49. The van der Waals surface area contributed by atoms with Crippen molar-refractivity contribution in [3.8, 4) is 0 Å². The van der Waals surface area contributed by atoms with Gasteiger partial charge >= 0.3 is 0 Å². The van der Waals surface area contributed by atoms with E-state index in [1.807, 2.05) is 4.90 Å². The van der Waals surface area contributed by atoms with Crippen molar-refractivity contribution >= 4 is 5.91 Å². The van der Waals surface area contributed by atoms with Crippen LogP contribution in [-0.2, 0) is 9.53 Å². The van der Waals surface area contributed by atoms with Crippen molar-refractivity contribution in [1.82, 2.24) is 9.80 Å². The van der Waals surface area contributed by atoms with Crippen LogP contribution in [0.25, 0.3) is 0 Å². The van der Waals surface area contributed by atoms with Gasteiger partial charge in [-0.05, 0) is 51.1 Å². The Bertz CT molecular complexity index is 350. The second-order valence-corrected chi connectivity index (χ2v) is 7.26. The van der Waals surface area contributed by atoms with E-state index in [-0.39, 0.29) is 5.60 Å². The number of hydrogen-bond acceptors (Lipinski definition) is 3. The molecule has 0 aliphatic carbocycles. The molecule has 3 saturated heterocycles. The third-order valence-corrected chi connectivity index (χ3v) is 5.40. The zero-order valence-electron chi connectivity index (χ0n) is 13.5. The van der Waals surface area contributed by atoms with E-state index in [1.54, 1.807) is 0 Å². The van der Waals surface area contributed by atoms with Crippen molar-refractivity contribution in [3.63, 3.8) is 0 Å². The summed E-state index contributed by atoms with van der Waals surface area (Å²) in [5.74, 6) is 1.03. The van der Waals surface area contributed by atoms with Gasteiger partial charge in [-0.2, -0.15) is 0 Å². The number of likely N-dealkylation sites (tertiary alicyclic amines) is 2. The molecule has 1 amide bonds. The lowest BCUT2D eigenvalue weighted by Gasteiger charge is -2.53. The fraction of sp³-hybridized carbons (Fsp3) is 0.941. The van der Waals surface area contributed by atoms with Gasteiger partial charge in [0.25, 0.3) is 0 Å². The van der Waals surface area contributed by atoms with Gasteiger partial charge in [0.1, 0.15) is 5.60 Å². The lowest BCUT2D eigenvalue weighted by molar-refractivity contribution is -0.189. The summed E-state index contributed by atoms with van der Waals surface area (Å²) < 4.78 is 6.19. The minimum Gasteiger partial charge on any atom is -0.371 e. The Morgan fingerprint density at radius 1 is 1.29 bits per heavy atom. The molecule has 3 aliphatic rings. The van der Waals surface area contributed by atoms with Gasteiger partial charge in [-0.15, -0.1) is 0 Å². The molecule has 0 unspecified atom stereocenters. The highest BCUT2D eigenvalue weighted by Gasteiger charge is 2.48. The van der Waals surface area contributed by atoms with Crippen LogP contribution in [-0.4, -0.2) is 60.6 Å². The van der Waals surface area contributed by atoms with E-state index >= 15 is 0 Å². The van der Waals surface area contributed by atoms with Crippen LogP contribution < -0.4 is 0 Å². The number of nitrogens with zero attached hydrogens (tertiary/aromatic N) is 2. The van der Waals surface area contributed by atoms with Crippen LogP contribution in [0.3, 0.4) is 0 Å². The van der Waals surface area contributed by atoms with Gasteiger partial charge < -0.3 is 14.5 Å². The maximum Gasteiger partial charge on any atom is 0.222 e. The van der Waals surface area contributed by atoms with Gasteiger partial charge in [0.2, 0.25) is 5.91 Å². The highest BCUT2D eigenvalue weighted by Crippen LogP contribution is 2.36. The molecule has 0 saturated carbocycles. The average molecular weight is 294 g/mol. The van der Waals surface area contributed by atoms with Crippen molar-refractivity contribution in [1.29, 1.82) is 0 Å². The zero-order chi connectivity index (χ0) is 14.7. The summed E-state index contributed by atoms with van der Waals surface area (Å²) in [5.41, 5.74) is 0.0172. The largest absolute Gasteiger partial charge is 0.371 e. The summed E-state index contributed by atoms with van der Waals surface area (Å²) in [4.78, 5) is 16.6. The monoisotopic (exact) mass is 294 g/mol. The van der Waals surface area contributed by atoms with Crippen molar-refractivity contribution in [2.24, 2.45) is 5.92 Å². The van der Waals surface area contributed by atoms with Gasteiger partial charge in [0.15, 0.2) is 0 Å². The Morgan fingerprint density at radius 2 is 2.05 bits per heavy atom. The van der Waals surface area contributed by atoms with Gasteiger partial charge in [-0.25, -0.2) is 0 Å². The first-order chi connectivity index (χ1) is 10.2. The Balaban J connectivity index is 1.37. The Hall–Kier alpha value is -0.610. The van der Waals surface area contributed by atoms with Crippen molar-refractivity contribution in [3.05, 3.63) is 0 Å². The Morgan fingerprint density at radius 3 is 2.67 bits per heavy atom. The molecule has 120 valence electrons. The SMILES string of the molecule is CCCCC(=O)N1CC2(CC[C@H](CN3CCCC3)CO2)C1. The summed E-state index contributed by atoms with van der Waals surface area (Å²) in [6.07, 6.45) is 7.97. The minimum atomic E-state index is 0.0172. The van der Waals surface area contributed by atoms with E-state index in [9.17, 15) is 4.79 Å². The second kappa shape index (κ2) is 6.66. The molecule has 4 heteroatoms. The molecule has 1 atom stereocenters. The van der Waals surface area contributed by atoms with Gasteiger partial charge in [-0.3, -0.25) is 4.79 Å². The molecule has 3 heterocycles. The highest BCUT2D eigenvalue weighted by molar-refractivity contribution is 5.77. The lowest BCUT2D eigenvalue weighted by atomic mass is 9.82. The summed E-state index contributed by atoms with van der Waals surface area (Å²) in [5, 5.41) is 0. The van der Waals surface area contributed by atoms with Crippen LogP contribution in [0.4, 0.5) is 0 Å². The molecule has 4 nitrogen and oxygen atoms in total. The van der Waals surface area contributed by atoms with Gasteiger partial charge in [0, 0.05) is 13.0 Å². The first-order valence-electron chi connectivity index (χ1n) is 8.85. The molecule has 3 rings (SSSR count). The summed E-state index contributed by atoms with van der Waals surface area (Å²) >= 11 is 0. The number of carbonyl (C=O) groups is 1. The topological polar surface area (TPSA) is 32.8 Å². The molecule has 0 aromatic rings. The van der Waals surface area contributed by atoms with Crippen LogP contribution in [0, 0.1) is 5.92 Å². The van der Waals surface area contributed by atoms with Gasteiger partial charge in [-0.1, -0.05) is 13.3 Å². The third-order valence-electron chi connectivity index (χ3n) is 5.40. The predicted octanol–water partition coefficient (Wildman–Crippen LogP) is 2.28. The van der Waals surface area contributed by atoms with Crippen LogP contribution in [0.1, 0.15) is 51.9 Å². The van der Waals surface area contributed by atoms with E-state index < -0.39 is 0 Å². The summed E-state index contributed by atoms with van der Waals surface area (Å²) in [6, 6.07) is 0. The molecule has 0 aromatic heterocycles. The number of hydrogen-bond donors (Lipinski definition) is 0. The second-order valence-electron chi connectivity index (χ2n) is 7.26. The Labute approximate surface area is 128 Å². The molecule has 1 spiro atoms. The number of ether oxygens (including phenoxy) is 1. The quantitative estimate of drug-likeness (QED) is 0.780. The summed E-state index contributed by atoms with van der Waals surface area (Å²) in [7, 11) is 0. The number of rotatable bonds is 5. The van der Waals surface area contributed by atoms with E-state index in [4.69, 9.17) is 4.74 Å². The standard InChI is InChI=1S/C17H30N2O2/c1-2-3-6-16(20)19-13-17(14-19)8-7-15(12-21-17)11-18-9-4-5-10-18/h15H,2-14H2,1H3/t15-/m1/s1. The van der Waals surface area contributed by atoms with E-state index in [0.29, 0.717) is 18.2 Å². The molecule has 3 aliphatic heterocycles. The first-order valence-corrected chi connectivity index (χ1v) is 8.85. The smallest absolute Gasteiger partial charge is 0.222 e. The molecule has 0 N–H and O–H groups in total. The van der Waals surface area contributed by atoms with Crippen molar-refractivity contribution < 1.29 is 9.53 Å². The number of unbranched alkanes of at least 4 members (excludes halogenated alkanes) is 1. The van der Waals surface area contributed by atoms with E-state index in [1.165, 1.54) is 38.9 Å². The average Bonchev–Trinajstić information content (AvgIpc) is 2.96. The maximum atomic E-state index is 12.0. The fourth-order valence-corrected chi connectivity index (χ4v) is 3.95.